The second-order valence-electron chi connectivity index (χ2n) is 3.99. The van der Waals surface area contributed by atoms with Crippen molar-refractivity contribution in [2.75, 3.05) is 0 Å². The van der Waals surface area contributed by atoms with Gasteiger partial charge in [-0.15, -0.1) is 11.3 Å². The van der Waals surface area contributed by atoms with E-state index >= 15 is 0 Å². The molecule has 1 aromatic heterocycles. The molecule has 0 radical (unpaired) electrons. The first-order valence-corrected chi connectivity index (χ1v) is 6.69. The zero-order valence-corrected chi connectivity index (χ0v) is 11.1. The van der Waals surface area contributed by atoms with E-state index in [2.05, 4.69) is 4.98 Å². The number of fused-ring (bicyclic) bond motifs is 1. The standard InChI is InChI=1S/C14H7ClFNOS/c15-13(18)8-4-5-11-12(7-8)19-14(17-11)9-2-1-3-10(16)6-9/h1-7H. The van der Waals surface area contributed by atoms with Crippen LogP contribution in [0.5, 0.6) is 0 Å². The van der Waals surface area contributed by atoms with E-state index < -0.39 is 5.24 Å². The van der Waals surface area contributed by atoms with E-state index in [1.165, 1.54) is 23.5 Å². The Kier molecular flexibility index (Phi) is 3.05. The van der Waals surface area contributed by atoms with Crippen molar-refractivity contribution in [2.24, 2.45) is 0 Å². The van der Waals surface area contributed by atoms with Gasteiger partial charge in [-0.25, -0.2) is 9.37 Å². The van der Waals surface area contributed by atoms with Crippen molar-refractivity contribution < 1.29 is 9.18 Å². The number of hydrogen-bond acceptors (Lipinski definition) is 3. The molecule has 2 nitrogen and oxygen atoms in total. The molecule has 0 fully saturated rings. The fourth-order valence-electron chi connectivity index (χ4n) is 1.79. The number of carbonyl (C=O) groups excluding carboxylic acids is 1. The second-order valence-corrected chi connectivity index (χ2v) is 5.36. The molecular formula is C14H7ClFNOS. The van der Waals surface area contributed by atoms with Gasteiger partial charge < -0.3 is 0 Å². The molecule has 0 aliphatic heterocycles. The first-order chi connectivity index (χ1) is 9.13. The van der Waals surface area contributed by atoms with Crippen molar-refractivity contribution in [1.29, 1.82) is 0 Å². The molecule has 94 valence electrons. The minimum Gasteiger partial charge on any atom is -0.276 e. The highest BCUT2D eigenvalue weighted by molar-refractivity contribution is 7.21. The third-order valence-electron chi connectivity index (χ3n) is 2.69. The van der Waals surface area contributed by atoms with Gasteiger partial charge in [0.2, 0.25) is 0 Å². The largest absolute Gasteiger partial charge is 0.276 e. The van der Waals surface area contributed by atoms with E-state index in [0.717, 1.165) is 15.8 Å². The first-order valence-electron chi connectivity index (χ1n) is 5.50. The fraction of sp³-hybridized carbons (Fsp3) is 0. The summed E-state index contributed by atoms with van der Waals surface area (Å²) in [5.74, 6) is -0.298. The normalized spacial score (nSPS) is 10.8. The van der Waals surface area contributed by atoms with Crippen LogP contribution in [0.2, 0.25) is 0 Å². The van der Waals surface area contributed by atoms with Gasteiger partial charge in [-0.05, 0) is 41.9 Å². The molecule has 0 saturated carbocycles. The smallest absolute Gasteiger partial charge is 0.252 e. The summed E-state index contributed by atoms with van der Waals surface area (Å²) in [6.45, 7) is 0. The van der Waals surface area contributed by atoms with Crippen LogP contribution in [-0.4, -0.2) is 10.2 Å². The number of aromatic nitrogens is 1. The molecule has 0 unspecified atom stereocenters. The molecule has 0 N–H and O–H groups in total. The van der Waals surface area contributed by atoms with Crippen LogP contribution in [-0.2, 0) is 0 Å². The van der Waals surface area contributed by atoms with Crippen molar-refractivity contribution in [2.45, 2.75) is 0 Å². The van der Waals surface area contributed by atoms with Gasteiger partial charge in [-0.1, -0.05) is 12.1 Å². The molecular weight excluding hydrogens is 285 g/mol. The van der Waals surface area contributed by atoms with E-state index in [9.17, 15) is 9.18 Å². The second kappa shape index (κ2) is 4.72. The molecule has 0 spiro atoms. The lowest BCUT2D eigenvalue weighted by Crippen LogP contribution is -1.86. The minimum absolute atomic E-state index is 0.298. The summed E-state index contributed by atoms with van der Waals surface area (Å²) in [4.78, 5) is 15.5. The molecule has 0 aliphatic carbocycles. The van der Waals surface area contributed by atoms with Crippen LogP contribution in [0.1, 0.15) is 10.4 Å². The maximum absolute atomic E-state index is 13.2. The highest BCUT2D eigenvalue weighted by Gasteiger charge is 2.09. The quantitative estimate of drug-likeness (QED) is 0.652. The summed E-state index contributed by atoms with van der Waals surface area (Å²) in [5, 5.41) is 0.219. The number of rotatable bonds is 2. The Morgan fingerprint density at radius 3 is 2.79 bits per heavy atom. The highest BCUT2D eigenvalue weighted by Crippen LogP contribution is 2.31. The van der Waals surface area contributed by atoms with Gasteiger partial charge in [0.05, 0.1) is 10.2 Å². The van der Waals surface area contributed by atoms with Gasteiger partial charge in [0, 0.05) is 11.1 Å². The maximum atomic E-state index is 13.2. The number of benzene rings is 2. The molecule has 3 rings (SSSR count). The van der Waals surface area contributed by atoms with Crippen molar-refractivity contribution in [3.63, 3.8) is 0 Å². The van der Waals surface area contributed by atoms with Gasteiger partial charge in [0.25, 0.3) is 5.24 Å². The summed E-state index contributed by atoms with van der Waals surface area (Å²) >= 11 is 6.85. The molecule has 0 atom stereocenters. The maximum Gasteiger partial charge on any atom is 0.252 e. The summed E-state index contributed by atoms with van der Waals surface area (Å²) in [6.07, 6.45) is 0. The average Bonchev–Trinajstić information content (AvgIpc) is 2.81. The molecule has 0 amide bonds. The minimum atomic E-state index is -0.498. The molecule has 1 heterocycles. The zero-order valence-electron chi connectivity index (χ0n) is 9.56. The van der Waals surface area contributed by atoms with Crippen molar-refractivity contribution in [3.05, 3.63) is 53.8 Å². The van der Waals surface area contributed by atoms with Crippen LogP contribution in [0.25, 0.3) is 20.8 Å². The monoisotopic (exact) mass is 291 g/mol. The molecule has 0 aliphatic rings. The fourth-order valence-corrected chi connectivity index (χ4v) is 2.91. The van der Waals surface area contributed by atoms with Gasteiger partial charge in [-0.2, -0.15) is 0 Å². The summed E-state index contributed by atoms with van der Waals surface area (Å²) < 4.78 is 14.0. The van der Waals surface area contributed by atoms with Gasteiger partial charge in [0.1, 0.15) is 10.8 Å². The van der Waals surface area contributed by atoms with Gasteiger partial charge >= 0.3 is 0 Å². The summed E-state index contributed by atoms with van der Waals surface area (Å²) in [6, 6.07) is 11.3. The third-order valence-corrected chi connectivity index (χ3v) is 3.97. The van der Waals surface area contributed by atoms with Crippen LogP contribution >= 0.6 is 22.9 Å². The zero-order chi connectivity index (χ0) is 13.4. The van der Waals surface area contributed by atoms with Crippen LogP contribution in [0.3, 0.4) is 0 Å². The predicted molar refractivity (Wildman–Crippen MR) is 75.2 cm³/mol. The molecule has 0 bridgehead atoms. The Bertz CT molecular complexity index is 784. The molecule has 3 aromatic rings. The van der Waals surface area contributed by atoms with Gasteiger partial charge in [0.15, 0.2) is 0 Å². The molecule has 2 aromatic carbocycles. The summed E-state index contributed by atoms with van der Waals surface area (Å²) in [7, 11) is 0. The van der Waals surface area contributed by atoms with Crippen molar-refractivity contribution in [1.82, 2.24) is 4.98 Å². The Morgan fingerprint density at radius 1 is 1.21 bits per heavy atom. The lowest BCUT2D eigenvalue weighted by Gasteiger charge is -1.94. The predicted octanol–water partition coefficient (Wildman–Crippen LogP) is 4.48. The lowest BCUT2D eigenvalue weighted by atomic mass is 10.2. The lowest BCUT2D eigenvalue weighted by molar-refractivity contribution is 0.108. The molecule has 19 heavy (non-hydrogen) atoms. The van der Waals surface area contributed by atoms with Crippen molar-refractivity contribution in [3.8, 4) is 10.6 Å². The van der Waals surface area contributed by atoms with Crippen molar-refractivity contribution >= 4 is 38.4 Å². The Hall–Kier alpha value is -1.78. The average molecular weight is 292 g/mol. The number of nitrogens with zero attached hydrogens (tertiary/aromatic N) is 1. The van der Waals surface area contributed by atoms with E-state index in [-0.39, 0.29) is 5.82 Å². The SMILES string of the molecule is O=C(Cl)c1ccc2nc(-c3cccc(F)c3)sc2c1. The molecule has 5 heteroatoms. The number of hydrogen-bond donors (Lipinski definition) is 0. The number of carbonyl (C=O) groups is 1. The Morgan fingerprint density at radius 2 is 2.05 bits per heavy atom. The Labute approximate surface area is 117 Å². The Balaban J connectivity index is 2.14. The first kappa shape index (κ1) is 12.3. The number of halogens is 2. The van der Waals surface area contributed by atoms with Crippen LogP contribution in [0.4, 0.5) is 4.39 Å². The van der Waals surface area contributed by atoms with Crippen LogP contribution in [0, 0.1) is 5.82 Å². The van der Waals surface area contributed by atoms with E-state index in [1.54, 1.807) is 30.3 Å². The van der Waals surface area contributed by atoms with Crippen LogP contribution < -0.4 is 0 Å². The van der Waals surface area contributed by atoms with E-state index in [1.807, 2.05) is 0 Å². The van der Waals surface area contributed by atoms with Gasteiger partial charge in [-0.3, -0.25) is 4.79 Å². The summed E-state index contributed by atoms with van der Waals surface area (Å²) in [5.41, 5.74) is 1.93. The van der Waals surface area contributed by atoms with E-state index in [4.69, 9.17) is 11.6 Å². The third kappa shape index (κ3) is 2.37. The van der Waals surface area contributed by atoms with E-state index in [0.29, 0.717) is 10.6 Å². The molecule has 0 saturated heterocycles. The van der Waals surface area contributed by atoms with Crippen LogP contribution in [0.15, 0.2) is 42.5 Å². The number of thiazole rings is 1. The topological polar surface area (TPSA) is 30.0 Å². The highest BCUT2D eigenvalue weighted by atomic mass is 35.5.